The second-order valence-electron chi connectivity index (χ2n) is 8.72. The molecular formula is C24H23FN4O3. The number of rotatable bonds is 4. The van der Waals surface area contributed by atoms with Crippen LogP contribution in [-0.4, -0.2) is 55.5 Å². The molecule has 0 saturated carbocycles. The molecule has 1 N–H and O–H groups in total. The predicted octanol–water partition coefficient (Wildman–Crippen LogP) is 3.94. The van der Waals surface area contributed by atoms with Crippen molar-refractivity contribution in [2.45, 2.75) is 50.4 Å². The largest absolute Gasteiger partial charge is 0.464 e. The predicted molar refractivity (Wildman–Crippen MR) is 117 cm³/mol. The molecule has 0 radical (unpaired) electrons. The SMILES string of the molecule is O=C(c1cc2c(cn1)c(-c1coc3ccccc13)nn2CCF)N1C2CCC1CC(O)C2. The maximum Gasteiger partial charge on any atom is 0.273 e. The molecule has 2 saturated heterocycles. The van der Waals surface area contributed by atoms with Gasteiger partial charge in [-0.3, -0.25) is 14.5 Å². The topological polar surface area (TPSA) is 84.4 Å². The first-order valence-corrected chi connectivity index (χ1v) is 11.0. The van der Waals surface area contributed by atoms with Crippen LogP contribution in [0.25, 0.3) is 33.1 Å². The highest BCUT2D eigenvalue weighted by atomic mass is 19.1. The fourth-order valence-electron chi connectivity index (χ4n) is 5.41. The van der Waals surface area contributed by atoms with Crippen LogP contribution in [0, 0.1) is 0 Å². The van der Waals surface area contributed by atoms with E-state index in [2.05, 4.69) is 10.1 Å². The van der Waals surface area contributed by atoms with E-state index in [0.717, 1.165) is 34.8 Å². The zero-order chi connectivity index (χ0) is 21.8. The molecule has 1 amide bonds. The minimum absolute atomic E-state index is 0.0531. The highest BCUT2D eigenvalue weighted by molar-refractivity contribution is 6.04. The summed E-state index contributed by atoms with van der Waals surface area (Å²) in [6, 6.07) is 9.51. The van der Waals surface area contributed by atoms with E-state index in [1.54, 1.807) is 23.2 Å². The van der Waals surface area contributed by atoms with E-state index in [1.807, 2.05) is 29.2 Å². The van der Waals surface area contributed by atoms with Crippen LogP contribution in [0.5, 0.6) is 0 Å². The van der Waals surface area contributed by atoms with Gasteiger partial charge in [0.2, 0.25) is 0 Å². The van der Waals surface area contributed by atoms with E-state index in [1.165, 1.54) is 0 Å². The molecule has 6 rings (SSSR count). The lowest BCUT2D eigenvalue weighted by Gasteiger charge is -2.37. The van der Waals surface area contributed by atoms with Gasteiger partial charge in [0.05, 0.1) is 18.2 Å². The molecule has 2 aliphatic heterocycles. The number of halogens is 1. The minimum atomic E-state index is -0.567. The molecule has 7 nitrogen and oxygen atoms in total. The van der Waals surface area contributed by atoms with E-state index in [4.69, 9.17) is 4.42 Å². The summed E-state index contributed by atoms with van der Waals surface area (Å²) >= 11 is 0. The number of aryl methyl sites for hydroxylation is 1. The summed E-state index contributed by atoms with van der Waals surface area (Å²) in [6.07, 6.45) is 6.01. The van der Waals surface area contributed by atoms with Crippen LogP contribution in [-0.2, 0) is 6.54 Å². The Morgan fingerprint density at radius 2 is 1.97 bits per heavy atom. The van der Waals surface area contributed by atoms with Crippen molar-refractivity contribution in [2.75, 3.05) is 6.67 Å². The number of aromatic nitrogens is 3. The molecule has 8 heteroatoms. The number of carbonyl (C=O) groups is 1. The summed E-state index contributed by atoms with van der Waals surface area (Å²) in [5.74, 6) is -0.130. The number of alkyl halides is 1. The number of aliphatic hydroxyl groups excluding tert-OH is 1. The smallest absolute Gasteiger partial charge is 0.273 e. The van der Waals surface area contributed by atoms with Gasteiger partial charge in [0.1, 0.15) is 29.9 Å². The van der Waals surface area contributed by atoms with Crippen molar-refractivity contribution in [1.29, 1.82) is 0 Å². The monoisotopic (exact) mass is 434 g/mol. The van der Waals surface area contributed by atoms with Crippen molar-refractivity contribution in [2.24, 2.45) is 0 Å². The Morgan fingerprint density at radius 3 is 2.75 bits per heavy atom. The lowest BCUT2D eigenvalue weighted by Crippen LogP contribution is -2.48. The van der Waals surface area contributed by atoms with Crippen LogP contribution >= 0.6 is 0 Å². The van der Waals surface area contributed by atoms with E-state index in [0.29, 0.717) is 29.7 Å². The molecule has 5 heterocycles. The highest BCUT2D eigenvalue weighted by Crippen LogP contribution is 2.38. The minimum Gasteiger partial charge on any atom is -0.464 e. The second kappa shape index (κ2) is 7.41. The number of aliphatic hydroxyl groups is 1. The molecule has 1 aromatic carbocycles. The van der Waals surface area contributed by atoms with E-state index in [-0.39, 0.29) is 30.6 Å². The van der Waals surface area contributed by atoms with Crippen LogP contribution in [0.15, 0.2) is 47.2 Å². The third-order valence-corrected chi connectivity index (χ3v) is 6.83. The van der Waals surface area contributed by atoms with Crippen LogP contribution in [0.1, 0.15) is 36.2 Å². The molecule has 2 aliphatic rings. The number of nitrogens with zero attached hydrogens (tertiary/aromatic N) is 4. The van der Waals surface area contributed by atoms with Gasteiger partial charge in [-0.1, -0.05) is 18.2 Å². The molecule has 2 unspecified atom stereocenters. The number of furan rings is 1. The van der Waals surface area contributed by atoms with Gasteiger partial charge in [0.25, 0.3) is 5.91 Å². The fraction of sp³-hybridized carbons (Fsp3) is 0.375. The third kappa shape index (κ3) is 2.93. The molecule has 2 fully saturated rings. The number of para-hydroxylation sites is 1. The first-order chi connectivity index (χ1) is 15.6. The Balaban J connectivity index is 1.44. The number of piperidine rings is 1. The number of hydrogen-bond acceptors (Lipinski definition) is 5. The maximum atomic E-state index is 13.4. The van der Waals surface area contributed by atoms with Gasteiger partial charge in [-0.15, -0.1) is 0 Å². The van der Waals surface area contributed by atoms with E-state index < -0.39 is 6.67 Å². The summed E-state index contributed by atoms with van der Waals surface area (Å²) in [5, 5.41) is 16.4. The molecule has 32 heavy (non-hydrogen) atoms. The molecule has 2 bridgehead atoms. The highest BCUT2D eigenvalue weighted by Gasteiger charge is 2.43. The summed E-state index contributed by atoms with van der Waals surface area (Å²) < 4.78 is 20.6. The number of amides is 1. The van der Waals surface area contributed by atoms with Crippen molar-refractivity contribution >= 4 is 27.8 Å². The molecular weight excluding hydrogens is 411 g/mol. The summed E-state index contributed by atoms with van der Waals surface area (Å²) in [5.41, 5.74) is 3.22. The van der Waals surface area contributed by atoms with Crippen molar-refractivity contribution in [1.82, 2.24) is 19.7 Å². The second-order valence-corrected chi connectivity index (χ2v) is 8.72. The lowest BCUT2D eigenvalue weighted by atomic mass is 9.99. The summed E-state index contributed by atoms with van der Waals surface area (Å²) in [7, 11) is 0. The number of pyridine rings is 1. The van der Waals surface area contributed by atoms with E-state index >= 15 is 0 Å². The lowest BCUT2D eigenvalue weighted by molar-refractivity contribution is 0.0282. The molecule has 2 atom stereocenters. The van der Waals surface area contributed by atoms with Crippen molar-refractivity contribution in [3.8, 4) is 11.3 Å². The average molecular weight is 434 g/mol. The maximum absolute atomic E-state index is 13.4. The Kier molecular flexibility index (Phi) is 4.50. The molecule has 4 aromatic rings. The van der Waals surface area contributed by atoms with Crippen LogP contribution < -0.4 is 0 Å². The number of benzene rings is 1. The number of carbonyl (C=O) groups excluding carboxylic acids is 1. The van der Waals surface area contributed by atoms with Crippen LogP contribution in [0.3, 0.4) is 0 Å². The zero-order valence-electron chi connectivity index (χ0n) is 17.4. The van der Waals surface area contributed by atoms with Crippen molar-refractivity contribution in [3.05, 3.63) is 48.5 Å². The number of hydrogen-bond donors (Lipinski definition) is 1. The Labute approximate surface area is 183 Å². The van der Waals surface area contributed by atoms with Crippen molar-refractivity contribution in [3.63, 3.8) is 0 Å². The average Bonchev–Trinajstić information content (AvgIpc) is 3.46. The normalized spacial score (nSPS) is 22.8. The van der Waals surface area contributed by atoms with Crippen LogP contribution in [0.2, 0.25) is 0 Å². The number of fused-ring (bicyclic) bond motifs is 4. The van der Waals surface area contributed by atoms with Gasteiger partial charge in [0, 0.05) is 34.6 Å². The van der Waals surface area contributed by atoms with Gasteiger partial charge >= 0.3 is 0 Å². The Hall–Kier alpha value is -3.26. The van der Waals surface area contributed by atoms with Crippen LogP contribution in [0.4, 0.5) is 4.39 Å². The third-order valence-electron chi connectivity index (χ3n) is 6.83. The van der Waals surface area contributed by atoms with Gasteiger partial charge in [-0.05, 0) is 37.8 Å². The Morgan fingerprint density at radius 1 is 1.19 bits per heavy atom. The molecule has 3 aromatic heterocycles. The molecule has 0 spiro atoms. The Bertz CT molecular complexity index is 1320. The van der Waals surface area contributed by atoms with E-state index in [9.17, 15) is 14.3 Å². The molecule has 0 aliphatic carbocycles. The zero-order valence-corrected chi connectivity index (χ0v) is 17.4. The van der Waals surface area contributed by atoms with Gasteiger partial charge in [-0.25, -0.2) is 4.39 Å². The first-order valence-electron chi connectivity index (χ1n) is 11.0. The summed E-state index contributed by atoms with van der Waals surface area (Å²) in [4.78, 5) is 19.7. The quantitative estimate of drug-likeness (QED) is 0.526. The van der Waals surface area contributed by atoms with Gasteiger partial charge < -0.3 is 14.4 Å². The van der Waals surface area contributed by atoms with Gasteiger partial charge in [0.15, 0.2) is 0 Å². The summed E-state index contributed by atoms with van der Waals surface area (Å²) in [6.45, 7) is -0.479. The first kappa shape index (κ1) is 19.4. The van der Waals surface area contributed by atoms with Gasteiger partial charge in [-0.2, -0.15) is 5.10 Å². The fourth-order valence-corrected chi connectivity index (χ4v) is 5.41. The molecule has 164 valence electrons. The standard InChI is InChI=1S/C24H23FN4O3/c25-7-8-28-21-11-20(24(31)29-14-5-6-15(29)10-16(30)9-14)26-12-18(21)23(27-28)19-13-32-22-4-2-1-3-17(19)22/h1-4,11-16,30H,5-10H2. The van der Waals surface area contributed by atoms with Crippen molar-refractivity contribution < 1.29 is 18.7 Å².